The second-order valence-electron chi connectivity index (χ2n) is 4.85. The number of benzene rings is 2. The molecule has 6 heteroatoms. The molecule has 0 unspecified atom stereocenters. The molecule has 0 heterocycles. The Bertz CT molecular complexity index is 716. The summed E-state index contributed by atoms with van der Waals surface area (Å²) in [6.07, 6.45) is 0. The van der Waals surface area contributed by atoms with E-state index in [0.29, 0.717) is 0 Å². The van der Waals surface area contributed by atoms with Gasteiger partial charge in [0.15, 0.2) is 0 Å². The van der Waals surface area contributed by atoms with Crippen LogP contribution in [0.4, 0.5) is 11.4 Å². The molecule has 2 rings (SSSR count). The molecular formula is C16H14N2O4. The molecule has 0 saturated carbocycles. The third-order valence-electron chi connectivity index (χ3n) is 3.03. The summed E-state index contributed by atoms with van der Waals surface area (Å²) < 4.78 is 0. The fourth-order valence-electron chi connectivity index (χ4n) is 1.92. The number of carbonyl (C=O) groups is 2. The van der Waals surface area contributed by atoms with Gasteiger partial charge in [-0.15, -0.1) is 10.2 Å². The molecule has 0 fully saturated rings. The van der Waals surface area contributed by atoms with E-state index in [-0.39, 0.29) is 22.5 Å². The minimum Gasteiger partial charge on any atom is -0.478 e. The SMILES string of the molecule is Cc1ccc(N=Nc2ccc(C)cc2C(=O)O)c(C(=O)O)c1. The average molecular weight is 298 g/mol. The van der Waals surface area contributed by atoms with E-state index in [2.05, 4.69) is 10.2 Å². The summed E-state index contributed by atoms with van der Waals surface area (Å²) in [7, 11) is 0. The van der Waals surface area contributed by atoms with Crippen LogP contribution in [0.25, 0.3) is 0 Å². The van der Waals surface area contributed by atoms with Gasteiger partial charge in [0.2, 0.25) is 0 Å². The Labute approximate surface area is 126 Å². The fraction of sp³-hybridized carbons (Fsp3) is 0.125. The van der Waals surface area contributed by atoms with Gasteiger partial charge in [0.1, 0.15) is 11.4 Å². The van der Waals surface area contributed by atoms with E-state index in [0.717, 1.165) is 11.1 Å². The van der Waals surface area contributed by atoms with Gasteiger partial charge in [-0.3, -0.25) is 0 Å². The zero-order chi connectivity index (χ0) is 16.3. The summed E-state index contributed by atoms with van der Waals surface area (Å²) in [6, 6.07) is 9.49. The summed E-state index contributed by atoms with van der Waals surface area (Å²) in [5.41, 5.74) is 1.97. The van der Waals surface area contributed by atoms with Gasteiger partial charge in [0.25, 0.3) is 0 Å². The second-order valence-corrected chi connectivity index (χ2v) is 4.85. The van der Waals surface area contributed by atoms with E-state index in [4.69, 9.17) is 0 Å². The first-order valence-corrected chi connectivity index (χ1v) is 6.48. The summed E-state index contributed by atoms with van der Waals surface area (Å²) in [4.78, 5) is 22.4. The molecule has 2 aromatic carbocycles. The maximum atomic E-state index is 11.2. The second kappa shape index (κ2) is 6.17. The molecule has 2 N–H and O–H groups in total. The first kappa shape index (κ1) is 15.4. The summed E-state index contributed by atoms with van der Waals surface area (Å²) in [5, 5.41) is 26.1. The highest BCUT2D eigenvalue weighted by Crippen LogP contribution is 2.26. The highest BCUT2D eigenvalue weighted by molar-refractivity contribution is 5.94. The predicted molar refractivity (Wildman–Crippen MR) is 80.5 cm³/mol. The topological polar surface area (TPSA) is 99.3 Å². The maximum absolute atomic E-state index is 11.2. The van der Waals surface area contributed by atoms with Gasteiger partial charge in [-0.05, 0) is 38.1 Å². The number of carboxylic acid groups (broad SMARTS) is 2. The first-order valence-electron chi connectivity index (χ1n) is 6.48. The molecular weight excluding hydrogens is 284 g/mol. The van der Waals surface area contributed by atoms with Crippen molar-refractivity contribution in [2.75, 3.05) is 0 Å². The summed E-state index contributed by atoms with van der Waals surface area (Å²) in [5.74, 6) is -2.22. The van der Waals surface area contributed by atoms with E-state index in [1.807, 2.05) is 0 Å². The van der Waals surface area contributed by atoms with Crippen molar-refractivity contribution >= 4 is 23.3 Å². The molecule has 0 aromatic heterocycles. The molecule has 0 radical (unpaired) electrons. The molecule has 0 atom stereocenters. The molecule has 0 aliphatic heterocycles. The van der Waals surface area contributed by atoms with Crippen molar-refractivity contribution in [2.45, 2.75) is 13.8 Å². The Morgan fingerprint density at radius 3 is 1.45 bits per heavy atom. The van der Waals surface area contributed by atoms with E-state index in [1.54, 1.807) is 26.0 Å². The van der Waals surface area contributed by atoms with Crippen molar-refractivity contribution in [3.63, 3.8) is 0 Å². The Morgan fingerprint density at radius 1 is 0.773 bits per heavy atom. The molecule has 0 aliphatic carbocycles. The van der Waals surface area contributed by atoms with Crippen molar-refractivity contribution in [1.29, 1.82) is 0 Å². The molecule has 0 spiro atoms. The van der Waals surface area contributed by atoms with Crippen molar-refractivity contribution in [1.82, 2.24) is 0 Å². The fourth-order valence-corrected chi connectivity index (χ4v) is 1.92. The van der Waals surface area contributed by atoms with Crippen LogP contribution in [0.5, 0.6) is 0 Å². The number of nitrogens with zero attached hydrogens (tertiary/aromatic N) is 2. The Kier molecular flexibility index (Phi) is 4.31. The van der Waals surface area contributed by atoms with Gasteiger partial charge in [-0.1, -0.05) is 23.3 Å². The highest BCUT2D eigenvalue weighted by atomic mass is 16.4. The number of carboxylic acids is 2. The minimum atomic E-state index is -1.11. The van der Waals surface area contributed by atoms with Crippen LogP contribution in [-0.2, 0) is 0 Å². The number of aryl methyl sites for hydroxylation is 2. The van der Waals surface area contributed by atoms with Crippen LogP contribution in [0.3, 0.4) is 0 Å². The zero-order valence-electron chi connectivity index (χ0n) is 12.1. The molecule has 0 aliphatic rings. The zero-order valence-corrected chi connectivity index (χ0v) is 12.1. The minimum absolute atomic E-state index is 0.0211. The van der Waals surface area contributed by atoms with E-state index in [9.17, 15) is 19.8 Å². The lowest BCUT2D eigenvalue weighted by Gasteiger charge is -2.03. The quantitative estimate of drug-likeness (QED) is 0.829. The monoisotopic (exact) mass is 298 g/mol. The molecule has 112 valence electrons. The van der Waals surface area contributed by atoms with Crippen LogP contribution in [0.15, 0.2) is 46.6 Å². The number of hydrogen-bond acceptors (Lipinski definition) is 4. The van der Waals surface area contributed by atoms with Crippen molar-refractivity contribution < 1.29 is 19.8 Å². The summed E-state index contributed by atoms with van der Waals surface area (Å²) >= 11 is 0. The van der Waals surface area contributed by atoms with Crippen LogP contribution < -0.4 is 0 Å². The number of hydrogen-bond donors (Lipinski definition) is 2. The van der Waals surface area contributed by atoms with Gasteiger partial charge >= 0.3 is 11.9 Å². The number of azo groups is 1. The number of rotatable bonds is 4. The lowest BCUT2D eigenvalue weighted by atomic mass is 10.1. The predicted octanol–water partition coefficient (Wildman–Crippen LogP) is 4.12. The highest BCUT2D eigenvalue weighted by Gasteiger charge is 2.12. The molecule has 0 amide bonds. The summed E-state index contributed by atoms with van der Waals surface area (Å²) in [6.45, 7) is 3.55. The first-order chi connectivity index (χ1) is 10.4. The van der Waals surface area contributed by atoms with Gasteiger partial charge in [0.05, 0.1) is 11.1 Å². The third-order valence-corrected chi connectivity index (χ3v) is 3.03. The van der Waals surface area contributed by atoms with E-state index >= 15 is 0 Å². The van der Waals surface area contributed by atoms with Crippen molar-refractivity contribution in [2.24, 2.45) is 10.2 Å². The van der Waals surface area contributed by atoms with E-state index < -0.39 is 11.9 Å². The van der Waals surface area contributed by atoms with Crippen LogP contribution >= 0.6 is 0 Å². The van der Waals surface area contributed by atoms with Gasteiger partial charge in [-0.25, -0.2) is 9.59 Å². The Hall–Kier alpha value is -3.02. The standard InChI is InChI=1S/C16H14N2O4/c1-9-3-5-13(11(7-9)15(19)20)17-18-14-6-4-10(2)8-12(14)16(21)22/h3-8H,1-2H3,(H,19,20)(H,21,22). The normalized spacial score (nSPS) is 10.8. The Morgan fingerprint density at radius 2 is 1.14 bits per heavy atom. The Balaban J connectivity index is 2.46. The lowest BCUT2D eigenvalue weighted by molar-refractivity contribution is 0.0686. The molecule has 2 aromatic rings. The maximum Gasteiger partial charge on any atom is 0.337 e. The largest absolute Gasteiger partial charge is 0.478 e. The van der Waals surface area contributed by atoms with Crippen molar-refractivity contribution in [3.8, 4) is 0 Å². The van der Waals surface area contributed by atoms with Gasteiger partial charge in [0, 0.05) is 0 Å². The van der Waals surface area contributed by atoms with Gasteiger partial charge in [-0.2, -0.15) is 0 Å². The van der Waals surface area contributed by atoms with Gasteiger partial charge < -0.3 is 10.2 Å². The number of aromatic carboxylic acids is 2. The average Bonchev–Trinajstić information content (AvgIpc) is 2.46. The van der Waals surface area contributed by atoms with Crippen molar-refractivity contribution in [3.05, 3.63) is 58.7 Å². The van der Waals surface area contributed by atoms with Crippen LogP contribution in [0, 0.1) is 13.8 Å². The molecule has 0 saturated heterocycles. The molecule has 0 bridgehead atoms. The van der Waals surface area contributed by atoms with Crippen LogP contribution in [0.2, 0.25) is 0 Å². The van der Waals surface area contributed by atoms with E-state index in [1.165, 1.54) is 24.3 Å². The molecule has 6 nitrogen and oxygen atoms in total. The van der Waals surface area contributed by atoms with Crippen LogP contribution in [0.1, 0.15) is 31.8 Å². The molecule has 22 heavy (non-hydrogen) atoms. The smallest absolute Gasteiger partial charge is 0.337 e. The van der Waals surface area contributed by atoms with Crippen LogP contribution in [-0.4, -0.2) is 22.2 Å². The lowest BCUT2D eigenvalue weighted by Crippen LogP contribution is -1.98. The third kappa shape index (κ3) is 3.35.